The Balaban J connectivity index is 2.13. The summed E-state index contributed by atoms with van der Waals surface area (Å²) in [6.07, 6.45) is 3.36. The second-order valence-electron chi connectivity index (χ2n) is 4.89. The van der Waals surface area contributed by atoms with Crippen LogP contribution in [0.5, 0.6) is 11.5 Å². The van der Waals surface area contributed by atoms with E-state index in [0.29, 0.717) is 18.6 Å². The fraction of sp³-hybridized carbons (Fsp3) is 0.500. The maximum Gasteiger partial charge on any atom is 0.339 e. The number of carboxylic acids is 1. The predicted molar refractivity (Wildman–Crippen MR) is 68.9 cm³/mol. The molecule has 5 heteroatoms. The van der Waals surface area contributed by atoms with E-state index in [9.17, 15) is 9.90 Å². The molecule has 0 bridgehead atoms. The maximum absolute atomic E-state index is 11.2. The van der Waals surface area contributed by atoms with Crippen molar-refractivity contribution in [2.24, 2.45) is 0 Å². The van der Waals surface area contributed by atoms with Crippen LogP contribution in [0.25, 0.3) is 0 Å². The predicted octanol–water partition coefficient (Wildman–Crippen LogP) is 2.08. The van der Waals surface area contributed by atoms with Crippen molar-refractivity contribution in [2.75, 3.05) is 13.7 Å². The van der Waals surface area contributed by atoms with Crippen molar-refractivity contribution in [2.45, 2.75) is 31.3 Å². The number of carbonyl (C=O) groups is 1. The first-order chi connectivity index (χ1) is 9.04. The first kappa shape index (κ1) is 13.7. The number of benzene rings is 1. The third-order valence-electron chi connectivity index (χ3n) is 3.45. The van der Waals surface area contributed by atoms with E-state index in [1.54, 1.807) is 12.1 Å². The van der Waals surface area contributed by atoms with Crippen molar-refractivity contribution in [3.05, 3.63) is 23.8 Å². The van der Waals surface area contributed by atoms with E-state index in [4.69, 9.17) is 14.6 Å². The summed E-state index contributed by atoms with van der Waals surface area (Å²) in [5.74, 6) is -0.356. The zero-order chi connectivity index (χ0) is 13.9. The van der Waals surface area contributed by atoms with Gasteiger partial charge in [-0.25, -0.2) is 4.79 Å². The molecule has 0 atom stereocenters. The summed E-state index contributed by atoms with van der Waals surface area (Å²) >= 11 is 0. The monoisotopic (exact) mass is 266 g/mol. The molecule has 1 aliphatic carbocycles. The molecule has 1 fully saturated rings. The quantitative estimate of drug-likeness (QED) is 0.853. The van der Waals surface area contributed by atoms with Crippen LogP contribution in [-0.4, -0.2) is 35.5 Å². The number of aromatic carboxylic acids is 1. The number of carboxylic acid groups (broad SMARTS) is 1. The third kappa shape index (κ3) is 3.17. The number of rotatable bonds is 5. The summed E-state index contributed by atoms with van der Waals surface area (Å²) in [7, 11) is 1.47. The van der Waals surface area contributed by atoms with E-state index < -0.39 is 11.6 Å². The van der Waals surface area contributed by atoms with Crippen molar-refractivity contribution in [3.8, 4) is 11.5 Å². The zero-order valence-electron chi connectivity index (χ0n) is 10.9. The zero-order valence-corrected chi connectivity index (χ0v) is 10.9. The van der Waals surface area contributed by atoms with Gasteiger partial charge in [-0.3, -0.25) is 0 Å². The normalized spacial score (nSPS) is 17.2. The van der Waals surface area contributed by atoms with E-state index in [1.165, 1.54) is 13.2 Å². The van der Waals surface area contributed by atoms with Gasteiger partial charge in [-0.15, -0.1) is 0 Å². The average Bonchev–Trinajstić information content (AvgIpc) is 2.83. The van der Waals surface area contributed by atoms with E-state index in [-0.39, 0.29) is 17.9 Å². The van der Waals surface area contributed by atoms with Gasteiger partial charge in [0.15, 0.2) is 0 Å². The number of methoxy groups -OCH3 is 1. The minimum Gasteiger partial charge on any atom is -0.497 e. The highest BCUT2D eigenvalue weighted by atomic mass is 16.5. The summed E-state index contributed by atoms with van der Waals surface area (Å²) in [5.41, 5.74) is -0.781. The topological polar surface area (TPSA) is 76.0 Å². The fourth-order valence-electron chi connectivity index (χ4n) is 2.32. The van der Waals surface area contributed by atoms with Crippen molar-refractivity contribution in [1.82, 2.24) is 0 Å². The smallest absolute Gasteiger partial charge is 0.339 e. The van der Waals surface area contributed by atoms with Gasteiger partial charge in [0, 0.05) is 0 Å². The van der Waals surface area contributed by atoms with Crippen LogP contribution in [-0.2, 0) is 0 Å². The molecule has 1 aromatic carbocycles. The number of aliphatic hydroxyl groups is 1. The summed E-state index contributed by atoms with van der Waals surface area (Å²) in [6, 6.07) is 4.61. The van der Waals surface area contributed by atoms with Crippen molar-refractivity contribution >= 4 is 5.97 Å². The van der Waals surface area contributed by atoms with Crippen LogP contribution >= 0.6 is 0 Å². The van der Waals surface area contributed by atoms with E-state index in [1.807, 2.05) is 0 Å². The Morgan fingerprint density at radius 1 is 1.37 bits per heavy atom. The van der Waals surface area contributed by atoms with Gasteiger partial charge in [-0.1, -0.05) is 12.8 Å². The lowest BCUT2D eigenvalue weighted by molar-refractivity contribution is 0.000893. The second-order valence-corrected chi connectivity index (χ2v) is 4.89. The average molecular weight is 266 g/mol. The van der Waals surface area contributed by atoms with Gasteiger partial charge in [0.05, 0.1) is 12.7 Å². The molecular weight excluding hydrogens is 248 g/mol. The molecule has 0 unspecified atom stereocenters. The van der Waals surface area contributed by atoms with Crippen LogP contribution in [0.4, 0.5) is 0 Å². The lowest BCUT2D eigenvalue weighted by Crippen LogP contribution is -2.32. The Kier molecular flexibility index (Phi) is 3.95. The van der Waals surface area contributed by atoms with E-state index >= 15 is 0 Å². The summed E-state index contributed by atoms with van der Waals surface area (Å²) in [5, 5.41) is 19.3. The third-order valence-corrected chi connectivity index (χ3v) is 3.45. The molecule has 2 rings (SSSR count). The van der Waals surface area contributed by atoms with Crippen molar-refractivity contribution < 1.29 is 24.5 Å². The Morgan fingerprint density at radius 3 is 2.63 bits per heavy atom. The van der Waals surface area contributed by atoms with Crippen LogP contribution in [0.15, 0.2) is 18.2 Å². The molecule has 0 amide bonds. The molecule has 5 nitrogen and oxygen atoms in total. The molecule has 2 N–H and O–H groups in total. The molecule has 0 aliphatic heterocycles. The van der Waals surface area contributed by atoms with Gasteiger partial charge < -0.3 is 19.7 Å². The highest BCUT2D eigenvalue weighted by Crippen LogP contribution is 2.31. The molecule has 0 saturated heterocycles. The minimum atomic E-state index is -1.08. The van der Waals surface area contributed by atoms with Crippen LogP contribution in [0, 0.1) is 0 Å². The summed E-state index contributed by atoms with van der Waals surface area (Å²) < 4.78 is 10.5. The Morgan fingerprint density at radius 2 is 2.05 bits per heavy atom. The van der Waals surface area contributed by atoms with E-state index in [2.05, 4.69) is 0 Å². The summed E-state index contributed by atoms with van der Waals surface area (Å²) in [4.78, 5) is 11.2. The van der Waals surface area contributed by atoms with Gasteiger partial charge in [-0.2, -0.15) is 0 Å². The highest BCUT2D eigenvalue weighted by Gasteiger charge is 2.32. The lowest BCUT2D eigenvalue weighted by Gasteiger charge is -2.22. The molecule has 19 heavy (non-hydrogen) atoms. The molecular formula is C14H18O5. The van der Waals surface area contributed by atoms with Gasteiger partial charge in [-0.05, 0) is 31.0 Å². The number of hydrogen-bond acceptors (Lipinski definition) is 4. The van der Waals surface area contributed by atoms with Gasteiger partial charge in [0.2, 0.25) is 0 Å². The van der Waals surface area contributed by atoms with Crippen LogP contribution < -0.4 is 9.47 Å². The SMILES string of the molecule is COc1ccc(OCC2(O)CCCC2)c(C(=O)O)c1. The maximum atomic E-state index is 11.2. The van der Waals surface area contributed by atoms with Crippen LogP contribution in [0.2, 0.25) is 0 Å². The molecule has 0 heterocycles. The largest absolute Gasteiger partial charge is 0.497 e. The second kappa shape index (κ2) is 5.48. The van der Waals surface area contributed by atoms with Crippen molar-refractivity contribution in [1.29, 1.82) is 0 Å². The van der Waals surface area contributed by atoms with Crippen LogP contribution in [0.1, 0.15) is 36.0 Å². The van der Waals surface area contributed by atoms with Gasteiger partial charge in [0.1, 0.15) is 23.7 Å². The van der Waals surface area contributed by atoms with Gasteiger partial charge in [0.25, 0.3) is 0 Å². The Bertz CT molecular complexity index is 463. The molecule has 104 valence electrons. The summed E-state index contributed by atoms with van der Waals surface area (Å²) in [6.45, 7) is 0.125. The molecule has 1 saturated carbocycles. The lowest BCUT2D eigenvalue weighted by atomic mass is 10.0. The first-order valence-corrected chi connectivity index (χ1v) is 6.31. The van der Waals surface area contributed by atoms with Gasteiger partial charge >= 0.3 is 5.97 Å². The standard InChI is InChI=1S/C14H18O5/c1-18-10-4-5-12(11(8-10)13(15)16)19-9-14(17)6-2-3-7-14/h4-5,8,17H,2-3,6-7,9H2,1H3,(H,15,16). The molecule has 1 aliphatic rings. The highest BCUT2D eigenvalue weighted by molar-refractivity contribution is 5.91. The first-order valence-electron chi connectivity index (χ1n) is 6.31. The molecule has 1 aromatic rings. The van der Waals surface area contributed by atoms with Crippen molar-refractivity contribution in [3.63, 3.8) is 0 Å². The number of hydrogen-bond donors (Lipinski definition) is 2. The Labute approximate surface area is 111 Å². The number of ether oxygens (including phenoxy) is 2. The minimum absolute atomic E-state index is 0.0425. The molecule has 0 spiro atoms. The molecule has 0 aromatic heterocycles. The Hall–Kier alpha value is -1.75. The van der Waals surface area contributed by atoms with Crippen LogP contribution in [0.3, 0.4) is 0 Å². The fourth-order valence-corrected chi connectivity index (χ4v) is 2.32. The van der Waals surface area contributed by atoms with E-state index in [0.717, 1.165) is 12.8 Å². The molecule has 0 radical (unpaired) electrons.